The van der Waals surface area contributed by atoms with Gasteiger partial charge < -0.3 is 5.32 Å². The Morgan fingerprint density at radius 1 is 1.25 bits per heavy atom. The summed E-state index contributed by atoms with van der Waals surface area (Å²) in [4.78, 5) is 34.3. The highest BCUT2D eigenvalue weighted by Crippen LogP contribution is 2.24. The monoisotopic (exact) mass is 492 g/mol. The molecule has 0 aliphatic rings. The first-order valence-electron chi connectivity index (χ1n) is 10.6. The topological polar surface area (TPSA) is 76.9 Å². The molecule has 1 amide bonds. The van der Waals surface area contributed by atoms with Gasteiger partial charge in [-0.2, -0.15) is 0 Å². The molecule has 3 rings (SSSR count). The van der Waals surface area contributed by atoms with Crippen molar-refractivity contribution in [2.45, 2.75) is 51.2 Å². The van der Waals surface area contributed by atoms with Crippen molar-refractivity contribution in [2.75, 3.05) is 11.1 Å². The van der Waals surface area contributed by atoms with E-state index in [-0.39, 0.29) is 28.1 Å². The van der Waals surface area contributed by atoms with Crippen molar-refractivity contribution in [2.24, 2.45) is 5.92 Å². The van der Waals surface area contributed by atoms with Crippen LogP contribution in [0.15, 0.2) is 46.5 Å². The first-order chi connectivity index (χ1) is 15.4. The molecule has 0 radical (unpaired) electrons. The van der Waals surface area contributed by atoms with Crippen LogP contribution < -0.4 is 10.9 Å². The molecule has 1 unspecified atom stereocenters. The maximum Gasteiger partial charge on any atom is 0.262 e. The number of hydrogen-bond acceptors (Lipinski definition) is 5. The number of halogens is 2. The molecule has 0 saturated heterocycles. The number of aromatic nitrogens is 3. The van der Waals surface area contributed by atoms with Gasteiger partial charge in [0.2, 0.25) is 5.91 Å². The van der Waals surface area contributed by atoms with Crippen molar-refractivity contribution >= 4 is 57.6 Å². The molecule has 9 heteroatoms. The van der Waals surface area contributed by atoms with E-state index in [9.17, 15) is 9.59 Å². The number of fused-ring (bicyclic) bond motifs is 1. The summed E-state index contributed by atoms with van der Waals surface area (Å²) < 4.78 is 1.68. The molecule has 0 aliphatic carbocycles. The first kappa shape index (κ1) is 24.6. The number of nitrogens with one attached hydrogen (secondary N) is 1. The van der Waals surface area contributed by atoms with Crippen molar-refractivity contribution in [3.05, 3.63) is 56.9 Å². The Bertz CT molecular complexity index is 1150. The van der Waals surface area contributed by atoms with E-state index in [4.69, 9.17) is 23.2 Å². The number of pyridine rings is 1. The second-order valence-electron chi connectivity index (χ2n) is 7.70. The molecule has 0 aliphatic heterocycles. The SMILES string of the molecule is CCC(C)CCCCn1c(SCC(=O)Nc2ncc(Cl)cc2Cl)nc2ccccc2c1=O. The lowest BCUT2D eigenvalue weighted by atomic mass is 10.0. The van der Waals surface area contributed by atoms with Gasteiger partial charge in [0.1, 0.15) is 0 Å². The first-order valence-corrected chi connectivity index (χ1v) is 12.4. The van der Waals surface area contributed by atoms with Crippen molar-refractivity contribution in [1.82, 2.24) is 14.5 Å². The lowest BCUT2D eigenvalue weighted by Crippen LogP contribution is -2.24. The van der Waals surface area contributed by atoms with Gasteiger partial charge in [-0.25, -0.2) is 9.97 Å². The van der Waals surface area contributed by atoms with Crippen LogP contribution in [0.2, 0.25) is 10.0 Å². The van der Waals surface area contributed by atoms with Gasteiger partial charge in [-0.05, 0) is 30.5 Å². The summed E-state index contributed by atoms with van der Waals surface area (Å²) in [5, 5.41) is 4.44. The van der Waals surface area contributed by atoms with E-state index in [1.165, 1.54) is 24.0 Å². The highest BCUT2D eigenvalue weighted by molar-refractivity contribution is 7.99. The number of nitrogens with zero attached hydrogens (tertiary/aromatic N) is 3. The summed E-state index contributed by atoms with van der Waals surface area (Å²) in [6.07, 6.45) is 5.62. The summed E-state index contributed by atoms with van der Waals surface area (Å²) in [6.45, 7) is 5.00. The fourth-order valence-electron chi connectivity index (χ4n) is 3.23. The molecule has 0 saturated carbocycles. The Morgan fingerprint density at radius 3 is 2.78 bits per heavy atom. The normalized spacial score (nSPS) is 12.1. The van der Waals surface area contributed by atoms with Crippen LogP contribution in [-0.2, 0) is 11.3 Å². The number of carbonyl (C=O) groups is 1. The second kappa shape index (κ2) is 11.7. The van der Waals surface area contributed by atoms with Crippen LogP contribution in [0.25, 0.3) is 10.9 Å². The summed E-state index contributed by atoms with van der Waals surface area (Å²) in [6, 6.07) is 8.80. The quantitative estimate of drug-likeness (QED) is 0.212. The van der Waals surface area contributed by atoms with Crippen LogP contribution in [0, 0.1) is 5.92 Å². The number of carbonyl (C=O) groups excluding carboxylic acids is 1. The van der Waals surface area contributed by atoms with Crippen LogP contribution in [-0.4, -0.2) is 26.2 Å². The summed E-state index contributed by atoms with van der Waals surface area (Å²) in [5.41, 5.74) is 0.545. The number of para-hydroxylation sites is 1. The van der Waals surface area contributed by atoms with Crippen LogP contribution in [0.1, 0.15) is 39.5 Å². The molecular formula is C23H26Cl2N4O2S. The second-order valence-corrected chi connectivity index (χ2v) is 9.48. The zero-order valence-electron chi connectivity index (χ0n) is 18.1. The van der Waals surface area contributed by atoms with Gasteiger partial charge in [0, 0.05) is 12.7 Å². The van der Waals surface area contributed by atoms with E-state index in [1.54, 1.807) is 10.6 Å². The number of hydrogen-bond donors (Lipinski definition) is 1. The minimum atomic E-state index is -0.294. The molecule has 0 fully saturated rings. The van der Waals surface area contributed by atoms with Crippen LogP contribution in [0.5, 0.6) is 0 Å². The smallest absolute Gasteiger partial charge is 0.262 e. The highest BCUT2D eigenvalue weighted by Gasteiger charge is 2.14. The largest absolute Gasteiger partial charge is 0.309 e. The van der Waals surface area contributed by atoms with Crippen LogP contribution >= 0.6 is 35.0 Å². The van der Waals surface area contributed by atoms with Crippen molar-refractivity contribution in [3.8, 4) is 0 Å². The maximum atomic E-state index is 13.1. The van der Waals surface area contributed by atoms with Gasteiger partial charge in [-0.1, -0.05) is 80.2 Å². The molecular weight excluding hydrogens is 467 g/mol. The zero-order chi connectivity index (χ0) is 23.1. The lowest BCUT2D eigenvalue weighted by molar-refractivity contribution is -0.113. The van der Waals surface area contributed by atoms with Gasteiger partial charge in [0.15, 0.2) is 11.0 Å². The van der Waals surface area contributed by atoms with E-state index >= 15 is 0 Å². The Labute approximate surface area is 201 Å². The molecule has 0 spiro atoms. The van der Waals surface area contributed by atoms with Gasteiger partial charge in [-0.3, -0.25) is 14.2 Å². The fraction of sp³-hybridized carbons (Fsp3) is 0.391. The average Bonchev–Trinajstić information content (AvgIpc) is 2.78. The Kier molecular flexibility index (Phi) is 8.96. The molecule has 2 heterocycles. The number of benzene rings is 1. The van der Waals surface area contributed by atoms with Gasteiger partial charge in [0.25, 0.3) is 5.56 Å². The molecule has 3 aromatic rings. The molecule has 170 valence electrons. The number of thioether (sulfide) groups is 1. The van der Waals surface area contributed by atoms with Gasteiger partial charge in [0.05, 0.1) is 26.7 Å². The molecule has 32 heavy (non-hydrogen) atoms. The number of unbranched alkanes of at least 4 members (excludes halogenated alkanes) is 1. The Morgan fingerprint density at radius 2 is 2.03 bits per heavy atom. The van der Waals surface area contributed by atoms with E-state index in [0.717, 1.165) is 25.7 Å². The molecule has 6 nitrogen and oxygen atoms in total. The maximum absolute atomic E-state index is 13.1. The summed E-state index contributed by atoms with van der Waals surface area (Å²) >= 11 is 13.2. The van der Waals surface area contributed by atoms with Gasteiger partial charge in [-0.15, -0.1) is 0 Å². The van der Waals surface area contributed by atoms with Crippen LogP contribution in [0.3, 0.4) is 0 Å². The third kappa shape index (κ3) is 6.47. The van der Waals surface area contributed by atoms with E-state index < -0.39 is 0 Å². The number of anilines is 1. The fourth-order valence-corrected chi connectivity index (χ4v) is 4.48. The average molecular weight is 493 g/mol. The standard InChI is InChI=1S/C23H26Cl2N4O2S/c1-3-15(2)8-6-7-11-29-22(31)17-9-4-5-10-19(17)27-23(29)32-14-20(30)28-21-18(25)12-16(24)13-26-21/h4-5,9-10,12-13,15H,3,6-8,11,14H2,1-2H3,(H,26,28,30). The lowest BCUT2D eigenvalue weighted by Gasteiger charge is -2.14. The minimum Gasteiger partial charge on any atom is -0.309 e. The zero-order valence-corrected chi connectivity index (χ0v) is 20.4. The van der Waals surface area contributed by atoms with Gasteiger partial charge >= 0.3 is 0 Å². The molecule has 0 bridgehead atoms. The highest BCUT2D eigenvalue weighted by atomic mass is 35.5. The summed E-state index contributed by atoms with van der Waals surface area (Å²) in [5.74, 6) is 0.693. The van der Waals surface area contributed by atoms with Crippen molar-refractivity contribution < 1.29 is 4.79 Å². The third-order valence-corrected chi connectivity index (χ3v) is 6.72. The van der Waals surface area contributed by atoms with E-state index in [2.05, 4.69) is 29.1 Å². The predicted octanol–water partition coefficient (Wildman–Crippen LogP) is 6.05. The molecule has 1 N–H and O–H groups in total. The number of rotatable bonds is 10. The van der Waals surface area contributed by atoms with Crippen molar-refractivity contribution in [1.29, 1.82) is 0 Å². The van der Waals surface area contributed by atoms with Crippen molar-refractivity contribution in [3.63, 3.8) is 0 Å². The third-order valence-electron chi connectivity index (χ3n) is 5.25. The van der Waals surface area contributed by atoms with E-state index in [1.807, 2.05) is 18.2 Å². The van der Waals surface area contributed by atoms with E-state index in [0.29, 0.717) is 33.5 Å². The minimum absolute atomic E-state index is 0.0677. The molecule has 1 aromatic carbocycles. The Hall–Kier alpha value is -2.09. The summed E-state index contributed by atoms with van der Waals surface area (Å²) in [7, 11) is 0. The molecule has 1 atom stereocenters. The predicted molar refractivity (Wildman–Crippen MR) is 133 cm³/mol. The van der Waals surface area contributed by atoms with Crippen LogP contribution in [0.4, 0.5) is 5.82 Å². The Balaban J connectivity index is 1.74. The number of amides is 1. The molecule has 2 aromatic heterocycles.